The Bertz CT molecular complexity index is 496. The SMILES string of the molecule is CCCCCCCCCCCCC(C)C(=O)NC1=C(C)C(=O)OC1=O. The lowest BCUT2D eigenvalue weighted by atomic mass is 10.0. The number of esters is 2. The fourth-order valence-electron chi connectivity index (χ4n) is 2.93. The highest BCUT2D eigenvalue weighted by Gasteiger charge is 2.31. The van der Waals surface area contributed by atoms with Crippen molar-refractivity contribution in [1.82, 2.24) is 5.32 Å². The van der Waals surface area contributed by atoms with E-state index in [0.717, 1.165) is 19.3 Å². The van der Waals surface area contributed by atoms with Crippen LogP contribution in [0, 0.1) is 5.92 Å². The quantitative estimate of drug-likeness (QED) is 0.303. The van der Waals surface area contributed by atoms with E-state index in [1.54, 1.807) is 0 Å². The molecule has 0 bridgehead atoms. The normalized spacial score (nSPS) is 15.5. The van der Waals surface area contributed by atoms with Crippen molar-refractivity contribution in [3.63, 3.8) is 0 Å². The molecule has 0 saturated carbocycles. The predicted molar refractivity (Wildman–Crippen MR) is 97.6 cm³/mol. The van der Waals surface area contributed by atoms with E-state index in [9.17, 15) is 14.4 Å². The summed E-state index contributed by atoms with van der Waals surface area (Å²) in [6.07, 6.45) is 13.4. The van der Waals surface area contributed by atoms with Gasteiger partial charge in [-0.3, -0.25) is 4.79 Å². The van der Waals surface area contributed by atoms with Gasteiger partial charge in [0.1, 0.15) is 5.70 Å². The number of carbonyl (C=O) groups excluding carboxylic acids is 3. The molecular weight excluding hydrogens is 318 g/mol. The Hall–Kier alpha value is -1.65. The van der Waals surface area contributed by atoms with Crippen LogP contribution in [0.25, 0.3) is 0 Å². The van der Waals surface area contributed by atoms with Gasteiger partial charge in [-0.15, -0.1) is 0 Å². The van der Waals surface area contributed by atoms with Crippen molar-refractivity contribution >= 4 is 17.8 Å². The van der Waals surface area contributed by atoms with Crippen molar-refractivity contribution in [1.29, 1.82) is 0 Å². The third-order valence-electron chi connectivity index (χ3n) is 4.76. The van der Waals surface area contributed by atoms with Crippen LogP contribution < -0.4 is 5.32 Å². The summed E-state index contributed by atoms with van der Waals surface area (Å²) in [5.74, 6) is -1.85. The smallest absolute Gasteiger partial charge is 0.363 e. The molecule has 1 aliphatic heterocycles. The molecule has 0 radical (unpaired) electrons. The molecule has 5 nitrogen and oxygen atoms in total. The van der Waals surface area contributed by atoms with E-state index in [1.807, 2.05) is 6.92 Å². The molecule has 1 heterocycles. The number of carbonyl (C=O) groups is 3. The maximum Gasteiger partial charge on any atom is 0.363 e. The highest BCUT2D eigenvalue weighted by atomic mass is 16.6. The predicted octanol–water partition coefficient (Wildman–Crippen LogP) is 4.41. The van der Waals surface area contributed by atoms with Crippen molar-refractivity contribution in [3.05, 3.63) is 11.3 Å². The molecule has 1 rings (SSSR count). The van der Waals surface area contributed by atoms with Gasteiger partial charge < -0.3 is 10.1 Å². The van der Waals surface area contributed by atoms with Crippen LogP contribution in [0.3, 0.4) is 0 Å². The molecule has 0 aliphatic carbocycles. The fourth-order valence-corrected chi connectivity index (χ4v) is 2.93. The van der Waals surface area contributed by atoms with Crippen LogP contribution in [-0.4, -0.2) is 17.8 Å². The van der Waals surface area contributed by atoms with Crippen molar-refractivity contribution in [3.8, 4) is 0 Å². The number of hydrogen-bond acceptors (Lipinski definition) is 4. The molecule has 1 aliphatic rings. The van der Waals surface area contributed by atoms with Crippen LogP contribution in [0.4, 0.5) is 0 Å². The monoisotopic (exact) mass is 351 g/mol. The third-order valence-corrected chi connectivity index (χ3v) is 4.76. The maximum absolute atomic E-state index is 12.1. The number of hydrogen-bond donors (Lipinski definition) is 1. The fraction of sp³-hybridized carbons (Fsp3) is 0.750. The lowest BCUT2D eigenvalue weighted by Crippen LogP contribution is -2.31. The van der Waals surface area contributed by atoms with Crippen LogP contribution in [-0.2, 0) is 19.1 Å². The molecule has 0 spiro atoms. The lowest BCUT2D eigenvalue weighted by molar-refractivity contribution is -0.151. The van der Waals surface area contributed by atoms with E-state index in [2.05, 4.69) is 17.0 Å². The Kier molecular flexibility index (Phi) is 10.1. The standard InChI is InChI=1S/C20H33NO4/c1-4-5-6-7-8-9-10-11-12-13-14-15(2)18(22)21-17-16(3)19(23)25-20(17)24/h15H,4-14H2,1-3H3,(H,21,22). The molecule has 25 heavy (non-hydrogen) atoms. The molecule has 0 saturated heterocycles. The molecule has 1 amide bonds. The molecule has 0 fully saturated rings. The van der Waals surface area contributed by atoms with Gasteiger partial charge in [-0.1, -0.05) is 78.1 Å². The van der Waals surface area contributed by atoms with Crippen LogP contribution in [0.2, 0.25) is 0 Å². The van der Waals surface area contributed by atoms with E-state index in [1.165, 1.54) is 58.3 Å². The summed E-state index contributed by atoms with van der Waals surface area (Å²) in [5, 5.41) is 2.54. The number of cyclic esters (lactones) is 2. The van der Waals surface area contributed by atoms with Crippen LogP contribution in [0.15, 0.2) is 11.3 Å². The van der Waals surface area contributed by atoms with Gasteiger partial charge in [0.15, 0.2) is 0 Å². The number of ether oxygens (including phenoxy) is 1. The summed E-state index contributed by atoms with van der Waals surface area (Å²) in [6.45, 7) is 5.56. The van der Waals surface area contributed by atoms with Gasteiger partial charge in [0, 0.05) is 5.92 Å². The third kappa shape index (κ3) is 7.84. The van der Waals surface area contributed by atoms with Crippen LogP contribution in [0.1, 0.15) is 91.4 Å². The average Bonchev–Trinajstić information content (AvgIpc) is 2.82. The van der Waals surface area contributed by atoms with E-state index in [4.69, 9.17) is 0 Å². The summed E-state index contributed by atoms with van der Waals surface area (Å²) in [6, 6.07) is 0. The van der Waals surface area contributed by atoms with Gasteiger partial charge in [-0.2, -0.15) is 0 Å². The zero-order valence-corrected chi connectivity index (χ0v) is 16.0. The Morgan fingerprint density at radius 1 is 0.920 bits per heavy atom. The topological polar surface area (TPSA) is 72.5 Å². The van der Waals surface area contributed by atoms with E-state index in [-0.39, 0.29) is 23.1 Å². The van der Waals surface area contributed by atoms with Crippen molar-refractivity contribution < 1.29 is 19.1 Å². The number of nitrogens with one attached hydrogen (secondary N) is 1. The summed E-state index contributed by atoms with van der Waals surface area (Å²) < 4.78 is 4.47. The van der Waals surface area contributed by atoms with E-state index < -0.39 is 11.9 Å². The summed E-state index contributed by atoms with van der Waals surface area (Å²) in [4.78, 5) is 34.9. The van der Waals surface area contributed by atoms with Gasteiger partial charge in [0.25, 0.3) is 0 Å². The first-order chi connectivity index (χ1) is 12.0. The first kappa shape index (κ1) is 21.4. The first-order valence-corrected chi connectivity index (χ1v) is 9.75. The van der Waals surface area contributed by atoms with Gasteiger partial charge in [-0.05, 0) is 13.3 Å². The van der Waals surface area contributed by atoms with Crippen molar-refractivity contribution in [2.24, 2.45) is 5.92 Å². The second-order valence-electron chi connectivity index (χ2n) is 7.04. The van der Waals surface area contributed by atoms with Gasteiger partial charge in [0.2, 0.25) is 5.91 Å². The van der Waals surface area contributed by atoms with Gasteiger partial charge in [-0.25, -0.2) is 9.59 Å². The average molecular weight is 351 g/mol. The number of rotatable bonds is 13. The van der Waals surface area contributed by atoms with Crippen LogP contribution >= 0.6 is 0 Å². The zero-order chi connectivity index (χ0) is 18.7. The Balaban J connectivity index is 2.10. The zero-order valence-electron chi connectivity index (χ0n) is 16.0. The molecule has 0 aromatic carbocycles. The second kappa shape index (κ2) is 11.8. The number of amides is 1. The summed E-state index contributed by atoms with van der Waals surface area (Å²) in [5.41, 5.74) is 0.161. The van der Waals surface area contributed by atoms with Gasteiger partial charge in [0.05, 0.1) is 5.57 Å². The molecule has 0 aromatic rings. The largest absolute Gasteiger partial charge is 0.385 e. The minimum Gasteiger partial charge on any atom is -0.385 e. The minimum atomic E-state index is -0.762. The Labute approximate surface area is 151 Å². The lowest BCUT2D eigenvalue weighted by Gasteiger charge is -2.11. The maximum atomic E-state index is 12.1. The van der Waals surface area contributed by atoms with Gasteiger partial charge >= 0.3 is 11.9 Å². The van der Waals surface area contributed by atoms with Crippen LogP contribution in [0.5, 0.6) is 0 Å². The minimum absolute atomic E-state index is 0.00933. The van der Waals surface area contributed by atoms with Crippen molar-refractivity contribution in [2.75, 3.05) is 0 Å². The summed E-state index contributed by atoms with van der Waals surface area (Å²) >= 11 is 0. The number of unbranched alkanes of at least 4 members (excludes halogenated alkanes) is 9. The second-order valence-corrected chi connectivity index (χ2v) is 7.04. The molecular formula is C20H33NO4. The highest BCUT2D eigenvalue weighted by molar-refractivity contribution is 6.13. The molecule has 142 valence electrons. The Morgan fingerprint density at radius 2 is 1.44 bits per heavy atom. The Morgan fingerprint density at radius 3 is 1.92 bits per heavy atom. The molecule has 1 atom stereocenters. The van der Waals surface area contributed by atoms with Crippen molar-refractivity contribution in [2.45, 2.75) is 91.4 Å². The summed E-state index contributed by atoms with van der Waals surface area (Å²) in [7, 11) is 0. The molecule has 1 unspecified atom stereocenters. The van der Waals surface area contributed by atoms with E-state index >= 15 is 0 Å². The van der Waals surface area contributed by atoms with E-state index in [0.29, 0.717) is 0 Å². The molecule has 0 aromatic heterocycles. The first-order valence-electron chi connectivity index (χ1n) is 9.75. The molecule has 5 heteroatoms. The highest BCUT2D eigenvalue weighted by Crippen LogP contribution is 2.17. The molecule has 1 N–H and O–H groups in total.